The molecule has 1 aromatic heterocycles. The molecule has 0 unspecified atom stereocenters. The summed E-state index contributed by atoms with van der Waals surface area (Å²) in [7, 11) is 0. The Bertz CT molecular complexity index is 432. The molecule has 0 aliphatic heterocycles. The van der Waals surface area contributed by atoms with Gasteiger partial charge in [0.25, 0.3) is 0 Å². The van der Waals surface area contributed by atoms with Gasteiger partial charge in [-0.2, -0.15) is 4.98 Å². The van der Waals surface area contributed by atoms with E-state index in [0.717, 1.165) is 0 Å². The van der Waals surface area contributed by atoms with Crippen LogP contribution in [-0.2, 0) is 0 Å². The van der Waals surface area contributed by atoms with Gasteiger partial charge < -0.3 is 15.9 Å². The maximum atomic E-state index is 11.6. The van der Waals surface area contributed by atoms with Crippen LogP contribution < -0.4 is 11.4 Å². The summed E-state index contributed by atoms with van der Waals surface area (Å²) >= 11 is 0. The van der Waals surface area contributed by atoms with Crippen molar-refractivity contribution in [2.24, 2.45) is 5.92 Å². The molecule has 0 spiro atoms. The molecule has 0 radical (unpaired) electrons. The fraction of sp³-hybridized carbons (Fsp3) is 0.600. The third kappa shape index (κ3) is 1.94. The Kier molecular flexibility index (Phi) is 2.93. The van der Waals surface area contributed by atoms with Crippen molar-refractivity contribution in [2.75, 3.05) is 12.3 Å². The van der Waals surface area contributed by atoms with Gasteiger partial charge in [-0.05, 0) is 18.9 Å². The van der Waals surface area contributed by atoms with Crippen molar-refractivity contribution in [1.29, 1.82) is 0 Å². The van der Waals surface area contributed by atoms with Crippen LogP contribution in [0.25, 0.3) is 0 Å². The fourth-order valence-electron chi connectivity index (χ4n) is 2.20. The van der Waals surface area contributed by atoms with Crippen molar-refractivity contribution in [1.82, 2.24) is 9.55 Å². The molecule has 0 bridgehead atoms. The number of nitrogens with zero attached hydrogens (tertiary/aromatic N) is 2. The van der Waals surface area contributed by atoms with Crippen molar-refractivity contribution in [2.45, 2.75) is 25.0 Å². The van der Waals surface area contributed by atoms with Crippen molar-refractivity contribution in [3.8, 4) is 0 Å². The normalized spacial score (nSPS) is 29.5. The average molecular weight is 225 g/mol. The molecule has 6 heteroatoms. The summed E-state index contributed by atoms with van der Waals surface area (Å²) in [5.74, 6) is 0.0351. The molecule has 1 aliphatic carbocycles. The van der Waals surface area contributed by atoms with Crippen molar-refractivity contribution in [3.05, 3.63) is 22.7 Å². The van der Waals surface area contributed by atoms with E-state index < -0.39 is 11.8 Å². The number of hydrogen-bond donors (Lipinski definition) is 3. The van der Waals surface area contributed by atoms with Crippen molar-refractivity contribution in [3.63, 3.8) is 0 Å². The van der Waals surface area contributed by atoms with Crippen molar-refractivity contribution >= 4 is 5.82 Å². The Morgan fingerprint density at radius 3 is 2.88 bits per heavy atom. The number of hydrogen-bond acceptors (Lipinski definition) is 5. The minimum Gasteiger partial charge on any atom is -0.396 e. The predicted molar refractivity (Wildman–Crippen MR) is 57.8 cm³/mol. The number of rotatable bonds is 2. The fourth-order valence-corrected chi connectivity index (χ4v) is 2.20. The molecule has 88 valence electrons. The van der Waals surface area contributed by atoms with Gasteiger partial charge in [-0.3, -0.25) is 4.57 Å². The average Bonchev–Trinajstić information content (AvgIpc) is 2.59. The van der Waals surface area contributed by atoms with Crippen molar-refractivity contribution < 1.29 is 10.2 Å². The molecule has 6 nitrogen and oxygen atoms in total. The number of nitrogens with two attached hydrogens (primary N) is 1. The lowest BCUT2D eigenvalue weighted by atomic mass is 10.1. The third-order valence-electron chi connectivity index (χ3n) is 3.11. The summed E-state index contributed by atoms with van der Waals surface area (Å²) in [6, 6.07) is 1.45. The maximum absolute atomic E-state index is 11.6. The standard InChI is InChI=1S/C10H15N3O3/c11-9-1-2-13(10(16)12-9)7-3-6(5-14)8(15)4-7/h1-2,6-8,14-15H,3-5H2,(H2,11,12,16)/t6-,7-,8+/m0/s1. The predicted octanol–water partition coefficient (Wildman–Crippen LogP) is -0.870. The first-order chi connectivity index (χ1) is 7.61. The zero-order valence-electron chi connectivity index (χ0n) is 8.78. The number of anilines is 1. The Labute approximate surface area is 92.4 Å². The smallest absolute Gasteiger partial charge is 0.349 e. The largest absolute Gasteiger partial charge is 0.396 e. The zero-order chi connectivity index (χ0) is 11.7. The Hall–Kier alpha value is -1.40. The van der Waals surface area contributed by atoms with E-state index in [9.17, 15) is 9.90 Å². The van der Waals surface area contributed by atoms with Gasteiger partial charge in [0.05, 0.1) is 6.10 Å². The van der Waals surface area contributed by atoms with E-state index in [0.29, 0.717) is 12.8 Å². The topological polar surface area (TPSA) is 101 Å². The first kappa shape index (κ1) is 11.1. The molecule has 0 aromatic carbocycles. The molecular weight excluding hydrogens is 210 g/mol. The molecular formula is C10H15N3O3. The summed E-state index contributed by atoms with van der Waals surface area (Å²) in [5.41, 5.74) is 4.99. The lowest BCUT2D eigenvalue weighted by Crippen LogP contribution is -2.26. The number of aliphatic hydroxyl groups excluding tert-OH is 2. The summed E-state index contributed by atoms with van der Waals surface area (Å²) < 4.78 is 1.47. The molecule has 2 rings (SSSR count). The summed E-state index contributed by atoms with van der Waals surface area (Å²) in [5, 5.41) is 18.7. The molecule has 0 amide bonds. The lowest BCUT2D eigenvalue weighted by molar-refractivity contribution is 0.0906. The van der Waals surface area contributed by atoms with Crippen LogP contribution in [-0.4, -0.2) is 32.5 Å². The van der Waals surface area contributed by atoms with Gasteiger partial charge in [0.2, 0.25) is 0 Å². The second kappa shape index (κ2) is 4.23. The van der Waals surface area contributed by atoms with Crippen LogP contribution in [0.1, 0.15) is 18.9 Å². The van der Waals surface area contributed by atoms with Gasteiger partial charge in [0.15, 0.2) is 0 Å². The SMILES string of the molecule is Nc1ccn([C@H]2C[C@@H](CO)[C@H](O)C2)c(=O)n1. The second-order valence-corrected chi connectivity index (χ2v) is 4.18. The summed E-state index contributed by atoms with van der Waals surface area (Å²) in [4.78, 5) is 15.2. The van der Waals surface area contributed by atoms with E-state index in [1.54, 1.807) is 12.3 Å². The molecule has 3 atom stereocenters. The van der Waals surface area contributed by atoms with E-state index in [1.807, 2.05) is 0 Å². The van der Waals surface area contributed by atoms with E-state index in [2.05, 4.69) is 4.98 Å². The van der Waals surface area contributed by atoms with Crippen LogP contribution in [0.2, 0.25) is 0 Å². The lowest BCUT2D eigenvalue weighted by Gasteiger charge is -2.12. The van der Waals surface area contributed by atoms with Gasteiger partial charge in [-0.15, -0.1) is 0 Å². The number of aliphatic hydroxyl groups is 2. The monoisotopic (exact) mass is 225 g/mol. The quantitative estimate of drug-likeness (QED) is 0.607. The first-order valence-electron chi connectivity index (χ1n) is 5.25. The van der Waals surface area contributed by atoms with Gasteiger partial charge in [0, 0.05) is 24.8 Å². The van der Waals surface area contributed by atoms with E-state index in [1.165, 1.54) is 4.57 Å². The highest BCUT2D eigenvalue weighted by atomic mass is 16.3. The van der Waals surface area contributed by atoms with Crippen LogP contribution in [0.15, 0.2) is 17.1 Å². The summed E-state index contributed by atoms with van der Waals surface area (Å²) in [6.07, 6.45) is 2.08. The molecule has 1 heterocycles. The highest BCUT2D eigenvalue weighted by molar-refractivity contribution is 5.23. The Balaban J connectivity index is 2.23. The Morgan fingerprint density at radius 2 is 2.31 bits per heavy atom. The first-order valence-corrected chi connectivity index (χ1v) is 5.25. The molecule has 0 saturated heterocycles. The summed E-state index contributed by atoms with van der Waals surface area (Å²) in [6.45, 7) is -0.0607. The molecule has 4 N–H and O–H groups in total. The highest BCUT2D eigenvalue weighted by Crippen LogP contribution is 2.33. The van der Waals surface area contributed by atoms with Gasteiger partial charge in [0.1, 0.15) is 5.82 Å². The molecule has 1 saturated carbocycles. The molecule has 1 aliphatic rings. The maximum Gasteiger partial charge on any atom is 0.349 e. The van der Waals surface area contributed by atoms with Crippen LogP contribution >= 0.6 is 0 Å². The van der Waals surface area contributed by atoms with Gasteiger partial charge in [-0.25, -0.2) is 4.79 Å². The molecule has 16 heavy (non-hydrogen) atoms. The minimum absolute atomic E-state index is 0.0607. The van der Waals surface area contributed by atoms with Crippen LogP contribution in [0.5, 0.6) is 0 Å². The van der Waals surface area contributed by atoms with E-state index >= 15 is 0 Å². The van der Waals surface area contributed by atoms with Crippen LogP contribution in [0, 0.1) is 5.92 Å². The number of aromatic nitrogens is 2. The van der Waals surface area contributed by atoms with E-state index in [-0.39, 0.29) is 24.4 Å². The minimum atomic E-state index is -0.556. The van der Waals surface area contributed by atoms with Gasteiger partial charge >= 0.3 is 5.69 Å². The van der Waals surface area contributed by atoms with Gasteiger partial charge in [-0.1, -0.05) is 0 Å². The van der Waals surface area contributed by atoms with E-state index in [4.69, 9.17) is 10.8 Å². The molecule has 1 fully saturated rings. The highest BCUT2D eigenvalue weighted by Gasteiger charge is 2.33. The third-order valence-corrected chi connectivity index (χ3v) is 3.11. The Morgan fingerprint density at radius 1 is 1.56 bits per heavy atom. The van der Waals surface area contributed by atoms with Crippen LogP contribution in [0.3, 0.4) is 0 Å². The second-order valence-electron chi connectivity index (χ2n) is 4.18. The number of nitrogen functional groups attached to an aromatic ring is 1. The zero-order valence-corrected chi connectivity index (χ0v) is 8.78. The van der Waals surface area contributed by atoms with Crippen LogP contribution in [0.4, 0.5) is 5.82 Å². The molecule has 1 aromatic rings.